The molecule has 0 rings (SSSR count). The van der Waals surface area contributed by atoms with Gasteiger partial charge in [-0.25, -0.2) is 0 Å². The maximum atomic E-state index is 11.2. The van der Waals surface area contributed by atoms with Gasteiger partial charge in [0, 0.05) is 19.1 Å². The van der Waals surface area contributed by atoms with Crippen molar-refractivity contribution in [2.75, 3.05) is 13.1 Å². The third-order valence-corrected chi connectivity index (χ3v) is 3.37. The quantitative estimate of drug-likeness (QED) is 0.568. The highest BCUT2D eigenvalue weighted by molar-refractivity contribution is 5.74. The van der Waals surface area contributed by atoms with Gasteiger partial charge >= 0.3 is 17.9 Å². The van der Waals surface area contributed by atoms with E-state index in [1.165, 1.54) is 13.8 Å². The van der Waals surface area contributed by atoms with E-state index < -0.39 is 29.4 Å². The Morgan fingerprint density at radius 1 is 1.00 bits per heavy atom. The van der Waals surface area contributed by atoms with Crippen molar-refractivity contribution in [3.05, 3.63) is 0 Å². The lowest BCUT2D eigenvalue weighted by Crippen LogP contribution is -2.48. The molecule has 0 saturated heterocycles. The van der Waals surface area contributed by atoms with Crippen molar-refractivity contribution in [2.45, 2.75) is 39.7 Å². The third kappa shape index (κ3) is 5.69. The summed E-state index contributed by atoms with van der Waals surface area (Å²) in [5.74, 6) is -3.00. The zero-order valence-corrected chi connectivity index (χ0v) is 11.4. The first kappa shape index (κ1) is 17.4. The molecule has 0 heterocycles. The summed E-state index contributed by atoms with van der Waals surface area (Å²) in [7, 11) is 0. The Bertz CT molecular complexity index is 334. The first-order chi connectivity index (χ1) is 8.59. The Morgan fingerprint density at radius 2 is 1.37 bits per heavy atom. The molecule has 0 radical (unpaired) electrons. The molecule has 0 aliphatic carbocycles. The Kier molecular flexibility index (Phi) is 6.47. The van der Waals surface area contributed by atoms with Crippen LogP contribution in [0.1, 0.15) is 33.6 Å². The lowest BCUT2D eigenvalue weighted by Gasteiger charge is -2.37. The topological polar surface area (TPSA) is 115 Å². The van der Waals surface area contributed by atoms with Gasteiger partial charge in [0.1, 0.15) is 0 Å². The summed E-state index contributed by atoms with van der Waals surface area (Å²) in [5.41, 5.74) is -1.09. The number of hydrogen-bond donors (Lipinski definition) is 3. The SMILES string of the molecule is CC(N(CCC(=O)O)CCC(=O)O)C(C)(C)C(=O)O. The van der Waals surface area contributed by atoms with E-state index in [1.807, 2.05) is 0 Å². The summed E-state index contributed by atoms with van der Waals surface area (Å²) in [4.78, 5) is 34.0. The average molecular weight is 275 g/mol. The molecule has 0 aliphatic heterocycles. The van der Waals surface area contributed by atoms with Crippen LogP contribution in [-0.2, 0) is 14.4 Å². The zero-order valence-electron chi connectivity index (χ0n) is 11.4. The van der Waals surface area contributed by atoms with Crippen molar-refractivity contribution in [1.29, 1.82) is 0 Å². The summed E-state index contributed by atoms with van der Waals surface area (Å²) in [6.07, 6.45) is -0.306. The molecule has 0 aromatic carbocycles. The summed E-state index contributed by atoms with van der Waals surface area (Å²) in [5, 5.41) is 26.5. The van der Waals surface area contributed by atoms with Crippen molar-refractivity contribution in [3.8, 4) is 0 Å². The molecule has 3 N–H and O–H groups in total. The normalized spacial score (nSPS) is 13.3. The van der Waals surface area contributed by atoms with Crippen molar-refractivity contribution >= 4 is 17.9 Å². The lowest BCUT2D eigenvalue weighted by molar-refractivity contribution is -0.150. The van der Waals surface area contributed by atoms with Crippen LogP contribution in [0, 0.1) is 5.41 Å². The van der Waals surface area contributed by atoms with Crippen molar-refractivity contribution < 1.29 is 29.7 Å². The van der Waals surface area contributed by atoms with Gasteiger partial charge in [0.05, 0.1) is 18.3 Å². The molecule has 0 spiro atoms. The predicted octanol–water partition coefficient (Wildman–Crippen LogP) is 0.737. The lowest BCUT2D eigenvalue weighted by atomic mass is 9.84. The molecule has 7 heteroatoms. The van der Waals surface area contributed by atoms with E-state index in [4.69, 9.17) is 15.3 Å². The molecule has 0 aromatic rings. The number of carboxylic acid groups (broad SMARTS) is 3. The van der Waals surface area contributed by atoms with Crippen molar-refractivity contribution in [3.63, 3.8) is 0 Å². The van der Waals surface area contributed by atoms with E-state index in [9.17, 15) is 14.4 Å². The van der Waals surface area contributed by atoms with Gasteiger partial charge in [-0.3, -0.25) is 19.3 Å². The van der Waals surface area contributed by atoms with Crippen molar-refractivity contribution in [1.82, 2.24) is 4.90 Å². The number of hydrogen-bond acceptors (Lipinski definition) is 4. The summed E-state index contributed by atoms with van der Waals surface area (Å²) < 4.78 is 0. The molecule has 19 heavy (non-hydrogen) atoms. The van der Waals surface area contributed by atoms with Gasteiger partial charge in [-0.05, 0) is 20.8 Å². The van der Waals surface area contributed by atoms with Gasteiger partial charge < -0.3 is 15.3 Å². The van der Waals surface area contributed by atoms with E-state index >= 15 is 0 Å². The second kappa shape index (κ2) is 7.08. The molecule has 0 aromatic heterocycles. The predicted molar refractivity (Wildman–Crippen MR) is 67.0 cm³/mol. The minimum Gasteiger partial charge on any atom is -0.481 e. The van der Waals surface area contributed by atoms with Gasteiger partial charge in [0.15, 0.2) is 0 Å². The number of carbonyl (C=O) groups is 3. The van der Waals surface area contributed by atoms with Crippen LogP contribution in [0.25, 0.3) is 0 Å². The second-order valence-electron chi connectivity index (χ2n) is 5.03. The molecule has 0 aliphatic rings. The Balaban J connectivity index is 4.83. The summed E-state index contributed by atoms with van der Waals surface area (Å²) >= 11 is 0. The van der Waals surface area contributed by atoms with Crippen LogP contribution < -0.4 is 0 Å². The van der Waals surface area contributed by atoms with Crippen LogP contribution in [-0.4, -0.2) is 57.3 Å². The third-order valence-electron chi connectivity index (χ3n) is 3.37. The molecule has 110 valence electrons. The van der Waals surface area contributed by atoms with Crippen LogP contribution in [0.5, 0.6) is 0 Å². The number of aliphatic carboxylic acids is 3. The second-order valence-corrected chi connectivity index (χ2v) is 5.03. The van der Waals surface area contributed by atoms with Gasteiger partial charge in [0.2, 0.25) is 0 Å². The molecule has 0 saturated carbocycles. The summed E-state index contributed by atoms with van der Waals surface area (Å²) in [6.45, 7) is 4.99. The highest BCUT2D eigenvalue weighted by Gasteiger charge is 2.37. The molecule has 7 nitrogen and oxygen atoms in total. The van der Waals surface area contributed by atoms with Gasteiger partial charge in [-0.2, -0.15) is 0 Å². The molecular weight excluding hydrogens is 254 g/mol. The van der Waals surface area contributed by atoms with Crippen molar-refractivity contribution in [2.24, 2.45) is 5.41 Å². The first-order valence-corrected chi connectivity index (χ1v) is 6.00. The monoisotopic (exact) mass is 275 g/mol. The van der Waals surface area contributed by atoms with Gasteiger partial charge in [0.25, 0.3) is 0 Å². The van der Waals surface area contributed by atoms with Crippen LogP contribution in [0.15, 0.2) is 0 Å². The molecule has 1 atom stereocenters. The Morgan fingerprint density at radius 3 is 1.63 bits per heavy atom. The number of carboxylic acids is 3. The number of rotatable bonds is 9. The molecule has 0 bridgehead atoms. The van der Waals surface area contributed by atoms with Crippen LogP contribution in [0.2, 0.25) is 0 Å². The standard InChI is InChI=1S/C12H21NO6/c1-8(12(2,3)11(18)19)13(6-4-9(14)15)7-5-10(16)17/h8H,4-7H2,1-3H3,(H,14,15)(H,16,17)(H,18,19). The Labute approximate surface area is 111 Å². The minimum absolute atomic E-state index is 0.125. The van der Waals surface area contributed by atoms with Gasteiger partial charge in [-0.1, -0.05) is 0 Å². The van der Waals surface area contributed by atoms with E-state index in [0.29, 0.717) is 0 Å². The maximum Gasteiger partial charge on any atom is 0.310 e. The molecule has 0 fully saturated rings. The van der Waals surface area contributed by atoms with Crippen LogP contribution >= 0.6 is 0 Å². The fourth-order valence-electron chi connectivity index (χ4n) is 1.61. The zero-order chi connectivity index (χ0) is 15.2. The first-order valence-electron chi connectivity index (χ1n) is 6.00. The number of nitrogens with zero attached hydrogens (tertiary/aromatic N) is 1. The van der Waals surface area contributed by atoms with Crippen LogP contribution in [0.4, 0.5) is 0 Å². The van der Waals surface area contributed by atoms with Gasteiger partial charge in [-0.15, -0.1) is 0 Å². The highest BCUT2D eigenvalue weighted by atomic mass is 16.4. The smallest absolute Gasteiger partial charge is 0.310 e. The highest BCUT2D eigenvalue weighted by Crippen LogP contribution is 2.25. The fraction of sp³-hybridized carbons (Fsp3) is 0.750. The van der Waals surface area contributed by atoms with Crippen LogP contribution in [0.3, 0.4) is 0 Å². The van der Waals surface area contributed by atoms with E-state index in [1.54, 1.807) is 11.8 Å². The minimum atomic E-state index is -1.09. The largest absolute Gasteiger partial charge is 0.481 e. The maximum absolute atomic E-state index is 11.2. The average Bonchev–Trinajstić information content (AvgIpc) is 2.27. The van der Waals surface area contributed by atoms with E-state index in [2.05, 4.69) is 0 Å². The van der Waals surface area contributed by atoms with E-state index in [-0.39, 0.29) is 25.9 Å². The fourth-order valence-corrected chi connectivity index (χ4v) is 1.61. The molecule has 1 unspecified atom stereocenters. The molecule has 0 amide bonds. The van der Waals surface area contributed by atoms with E-state index in [0.717, 1.165) is 0 Å². The summed E-state index contributed by atoms with van der Waals surface area (Å²) in [6, 6.07) is -0.469. The Hall–Kier alpha value is -1.63. The molecular formula is C12H21NO6.